The molecule has 0 aliphatic carbocycles. The van der Waals surface area contributed by atoms with Gasteiger partial charge in [0, 0.05) is 32.1 Å². The highest BCUT2D eigenvalue weighted by Gasteiger charge is 2.37. The predicted octanol–water partition coefficient (Wildman–Crippen LogP) is 3.30. The van der Waals surface area contributed by atoms with Gasteiger partial charge in [0.05, 0.1) is 30.9 Å². The number of H-pyrrole nitrogens is 1. The second kappa shape index (κ2) is 8.61. The van der Waals surface area contributed by atoms with Crippen LogP contribution in [0.3, 0.4) is 0 Å². The molecular weight excluding hydrogens is 390 g/mol. The molecule has 164 valence electrons. The summed E-state index contributed by atoms with van der Waals surface area (Å²) in [5.41, 5.74) is 4.10. The lowest BCUT2D eigenvalue weighted by atomic mass is 9.92. The SMILES string of the molecule is Cc1ccc2[nH]c(=O)n(C3CCN(CC4(Cc5ccccc5)COCCO4)CC3)c2c1. The first-order valence-corrected chi connectivity index (χ1v) is 11.3. The number of imidazole rings is 1. The molecule has 2 aromatic carbocycles. The van der Waals surface area contributed by atoms with E-state index < -0.39 is 0 Å². The second-order valence-corrected chi connectivity index (χ2v) is 9.07. The number of benzene rings is 2. The quantitative estimate of drug-likeness (QED) is 0.687. The average molecular weight is 422 g/mol. The zero-order valence-electron chi connectivity index (χ0n) is 18.2. The predicted molar refractivity (Wildman–Crippen MR) is 122 cm³/mol. The van der Waals surface area contributed by atoms with Gasteiger partial charge in [-0.1, -0.05) is 36.4 Å². The first-order valence-electron chi connectivity index (χ1n) is 11.3. The van der Waals surface area contributed by atoms with E-state index in [9.17, 15) is 4.79 Å². The van der Waals surface area contributed by atoms with Gasteiger partial charge in [0.2, 0.25) is 0 Å². The van der Waals surface area contributed by atoms with E-state index in [2.05, 4.69) is 47.1 Å². The maximum absolute atomic E-state index is 12.7. The Labute approximate surface area is 182 Å². The van der Waals surface area contributed by atoms with Crippen LogP contribution in [0.5, 0.6) is 0 Å². The summed E-state index contributed by atoms with van der Waals surface area (Å²) in [6.45, 7) is 6.78. The first-order chi connectivity index (χ1) is 15.1. The van der Waals surface area contributed by atoms with Crippen LogP contribution in [0.15, 0.2) is 53.3 Å². The van der Waals surface area contributed by atoms with E-state index in [1.807, 2.05) is 22.8 Å². The molecule has 3 heterocycles. The van der Waals surface area contributed by atoms with Crippen LogP contribution < -0.4 is 5.69 Å². The number of likely N-dealkylation sites (tertiary alicyclic amines) is 1. The molecule has 1 atom stereocenters. The molecule has 5 rings (SSSR count). The molecule has 0 saturated carbocycles. The van der Waals surface area contributed by atoms with E-state index in [4.69, 9.17) is 9.47 Å². The lowest BCUT2D eigenvalue weighted by Gasteiger charge is -2.43. The van der Waals surface area contributed by atoms with Gasteiger partial charge in [-0.2, -0.15) is 0 Å². The summed E-state index contributed by atoms with van der Waals surface area (Å²) in [6, 6.07) is 16.9. The Morgan fingerprint density at radius 2 is 1.90 bits per heavy atom. The fraction of sp³-hybridized carbons (Fsp3) is 0.480. The van der Waals surface area contributed by atoms with E-state index in [1.54, 1.807) is 0 Å². The summed E-state index contributed by atoms with van der Waals surface area (Å²) in [5.74, 6) is 0. The molecule has 31 heavy (non-hydrogen) atoms. The number of fused-ring (bicyclic) bond motifs is 1. The van der Waals surface area contributed by atoms with Gasteiger partial charge in [-0.3, -0.25) is 4.57 Å². The molecule has 6 heteroatoms. The number of nitrogens with zero attached hydrogens (tertiary/aromatic N) is 2. The van der Waals surface area contributed by atoms with E-state index in [-0.39, 0.29) is 17.3 Å². The van der Waals surface area contributed by atoms with Crippen LogP contribution in [-0.2, 0) is 15.9 Å². The van der Waals surface area contributed by atoms with E-state index in [1.165, 1.54) is 11.1 Å². The Hall–Kier alpha value is -2.41. The molecule has 1 unspecified atom stereocenters. The lowest BCUT2D eigenvalue weighted by molar-refractivity contribution is -0.167. The maximum atomic E-state index is 12.7. The average Bonchev–Trinajstić information content (AvgIpc) is 3.10. The van der Waals surface area contributed by atoms with Gasteiger partial charge in [-0.05, 0) is 43.0 Å². The summed E-state index contributed by atoms with van der Waals surface area (Å²) in [6.07, 6.45) is 2.78. The molecule has 1 aromatic heterocycles. The summed E-state index contributed by atoms with van der Waals surface area (Å²) < 4.78 is 14.2. The third-order valence-electron chi connectivity index (χ3n) is 6.68. The standard InChI is InChI=1S/C25H31N3O3/c1-19-7-8-22-23(15-19)28(24(29)26-22)21-9-11-27(12-10-21)17-25(18-30-13-14-31-25)16-20-5-3-2-4-6-20/h2-8,15,21H,9-14,16-18H2,1H3,(H,26,29). The minimum Gasteiger partial charge on any atom is -0.376 e. The van der Waals surface area contributed by atoms with Crippen LogP contribution in [0, 0.1) is 6.92 Å². The van der Waals surface area contributed by atoms with Crippen molar-refractivity contribution in [1.29, 1.82) is 0 Å². The molecule has 0 bridgehead atoms. The largest absolute Gasteiger partial charge is 0.376 e. The highest BCUT2D eigenvalue weighted by atomic mass is 16.6. The van der Waals surface area contributed by atoms with E-state index in [0.29, 0.717) is 19.8 Å². The van der Waals surface area contributed by atoms with Gasteiger partial charge in [0.25, 0.3) is 0 Å². The normalized spacial score (nSPS) is 23.4. The third-order valence-corrected chi connectivity index (χ3v) is 6.68. The van der Waals surface area contributed by atoms with Gasteiger partial charge in [0.15, 0.2) is 0 Å². The van der Waals surface area contributed by atoms with Crippen molar-refractivity contribution in [3.63, 3.8) is 0 Å². The number of aromatic nitrogens is 2. The topological polar surface area (TPSA) is 59.5 Å². The number of nitrogens with one attached hydrogen (secondary N) is 1. The van der Waals surface area contributed by atoms with Gasteiger partial charge < -0.3 is 19.4 Å². The summed E-state index contributed by atoms with van der Waals surface area (Å²) in [5, 5.41) is 0. The summed E-state index contributed by atoms with van der Waals surface area (Å²) in [4.78, 5) is 18.2. The fourth-order valence-electron chi connectivity index (χ4n) is 5.17. The van der Waals surface area contributed by atoms with Crippen molar-refractivity contribution in [3.8, 4) is 0 Å². The number of rotatable bonds is 5. The van der Waals surface area contributed by atoms with Gasteiger partial charge in [-0.25, -0.2) is 4.79 Å². The Morgan fingerprint density at radius 3 is 2.65 bits per heavy atom. The van der Waals surface area contributed by atoms with Gasteiger partial charge in [0.1, 0.15) is 5.60 Å². The number of hydrogen-bond acceptors (Lipinski definition) is 4. The first kappa shape index (κ1) is 20.5. The number of aromatic amines is 1. The third kappa shape index (κ3) is 4.33. The Balaban J connectivity index is 1.29. The molecule has 0 amide bonds. The van der Waals surface area contributed by atoms with Gasteiger partial charge in [-0.15, -0.1) is 0 Å². The monoisotopic (exact) mass is 421 g/mol. The molecule has 2 saturated heterocycles. The number of aryl methyl sites for hydroxylation is 1. The molecular formula is C25H31N3O3. The number of piperidine rings is 1. The molecule has 0 radical (unpaired) electrons. The van der Waals surface area contributed by atoms with Crippen LogP contribution in [0.2, 0.25) is 0 Å². The zero-order valence-corrected chi connectivity index (χ0v) is 18.2. The Morgan fingerprint density at radius 1 is 1.10 bits per heavy atom. The lowest BCUT2D eigenvalue weighted by Crippen LogP contribution is -2.54. The zero-order chi connectivity index (χ0) is 21.3. The van der Waals surface area contributed by atoms with Crippen molar-refractivity contribution in [2.75, 3.05) is 39.5 Å². The van der Waals surface area contributed by atoms with Crippen molar-refractivity contribution >= 4 is 11.0 Å². The van der Waals surface area contributed by atoms with E-state index >= 15 is 0 Å². The van der Waals surface area contributed by atoms with Crippen molar-refractivity contribution in [2.45, 2.75) is 37.8 Å². The van der Waals surface area contributed by atoms with Crippen molar-refractivity contribution in [3.05, 3.63) is 70.1 Å². The van der Waals surface area contributed by atoms with Crippen molar-refractivity contribution < 1.29 is 9.47 Å². The van der Waals surface area contributed by atoms with Crippen molar-refractivity contribution in [2.24, 2.45) is 0 Å². The molecule has 3 aromatic rings. The summed E-state index contributed by atoms with van der Waals surface area (Å²) >= 11 is 0. The van der Waals surface area contributed by atoms with Crippen LogP contribution in [0.4, 0.5) is 0 Å². The fourth-order valence-corrected chi connectivity index (χ4v) is 5.17. The highest BCUT2D eigenvalue weighted by molar-refractivity contribution is 5.76. The smallest absolute Gasteiger partial charge is 0.326 e. The number of ether oxygens (including phenoxy) is 2. The molecule has 1 N–H and O–H groups in total. The Kier molecular flexibility index (Phi) is 5.69. The molecule has 0 spiro atoms. The van der Waals surface area contributed by atoms with Gasteiger partial charge >= 0.3 is 5.69 Å². The minimum absolute atomic E-state index is 0.00334. The van der Waals surface area contributed by atoms with Crippen LogP contribution >= 0.6 is 0 Å². The number of hydrogen-bond donors (Lipinski definition) is 1. The molecule has 2 aliphatic rings. The van der Waals surface area contributed by atoms with Crippen LogP contribution in [-0.4, -0.2) is 59.5 Å². The maximum Gasteiger partial charge on any atom is 0.326 e. The Bertz CT molecular complexity index is 1070. The second-order valence-electron chi connectivity index (χ2n) is 9.07. The molecule has 6 nitrogen and oxygen atoms in total. The molecule has 2 aliphatic heterocycles. The minimum atomic E-state index is -0.304. The van der Waals surface area contributed by atoms with E-state index in [0.717, 1.165) is 49.9 Å². The highest BCUT2D eigenvalue weighted by Crippen LogP contribution is 2.29. The summed E-state index contributed by atoms with van der Waals surface area (Å²) in [7, 11) is 0. The van der Waals surface area contributed by atoms with Crippen molar-refractivity contribution in [1.82, 2.24) is 14.5 Å². The molecule has 2 fully saturated rings. The van der Waals surface area contributed by atoms with Crippen LogP contribution in [0.1, 0.15) is 30.0 Å². The van der Waals surface area contributed by atoms with Crippen LogP contribution in [0.25, 0.3) is 11.0 Å².